The van der Waals surface area contributed by atoms with Gasteiger partial charge in [0.25, 0.3) is 0 Å². The zero-order valence-corrected chi connectivity index (χ0v) is 14.9. The maximum absolute atomic E-state index is 12.1. The van der Waals surface area contributed by atoms with E-state index in [4.69, 9.17) is 9.47 Å². The van der Waals surface area contributed by atoms with Crippen molar-refractivity contribution < 1.29 is 14.3 Å². The second-order valence-electron chi connectivity index (χ2n) is 6.44. The lowest BCUT2D eigenvalue weighted by Gasteiger charge is -2.21. The van der Waals surface area contributed by atoms with E-state index in [1.165, 1.54) is 5.57 Å². The number of carbonyl (C=O) groups excluding carboxylic acids is 1. The number of carbonyl (C=O) groups is 1. The van der Waals surface area contributed by atoms with Gasteiger partial charge >= 0.3 is 6.09 Å². The van der Waals surface area contributed by atoms with Crippen molar-refractivity contribution in [2.24, 2.45) is 4.99 Å². The smallest absolute Gasteiger partial charge is 0.411 e. The maximum Gasteiger partial charge on any atom is 0.411 e. The molecule has 2 N–H and O–H groups in total. The quantitative estimate of drug-likeness (QED) is 0.871. The van der Waals surface area contributed by atoms with Crippen molar-refractivity contribution in [2.75, 3.05) is 18.5 Å². The molecule has 0 aliphatic carbocycles. The maximum atomic E-state index is 12.1. The first kappa shape index (κ1) is 17.1. The topological polar surface area (TPSA) is 72.0 Å². The lowest BCUT2D eigenvalue weighted by atomic mass is 9.97. The molecule has 0 spiro atoms. The minimum atomic E-state index is -0.481. The minimum Gasteiger partial charge on any atom is -0.493 e. The number of anilines is 1. The van der Waals surface area contributed by atoms with Crippen LogP contribution in [-0.4, -0.2) is 31.6 Å². The van der Waals surface area contributed by atoms with Crippen LogP contribution in [0.2, 0.25) is 0 Å². The number of ether oxygens (including phenoxy) is 2. The molecule has 6 heteroatoms. The molecule has 0 bridgehead atoms. The first-order valence-corrected chi connectivity index (χ1v) is 8.98. The normalized spacial score (nSPS) is 19.1. The van der Waals surface area contributed by atoms with Crippen LogP contribution in [0.3, 0.4) is 0 Å². The summed E-state index contributed by atoms with van der Waals surface area (Å²) in [6, 6.07) is 15.4. The van der Waals surface area contributed by atoms with E-state index >= 15 is 0 Å². The molecular formula is C21H21N3O3. The molecule has 2 aliphatic heterocycles. The van der Waals surface area contributed by atoms with Crippen LogP contribution in [0.4, 0.5) is 10.5 Å². The largest absolute Gasteiger partial charge is 0.493 e. The monoisotopic (exact) mass is 363 g/mol. The predicted octanol–water partition coefficient (Wildman–Crippen LogP) is 3.60. The van der Waals surface area contributed by atoms with Gasteiger partial charge in [0.15, 0.2) is 0 Å². The molecule has 2 aromatic rings. The summed E-state index contributed by atoms with van der Waals surface area (Å²) < 4.78 is 11.0. The highest BCUT2D eigenvalue weighted by Crippen LogP contribution is 2.35. The fourth-order valence-corrected chi connectivity index (χ4v) is 3.15. The predicted molar refractivity (Wildman–Crippen MR) is 105 cm³/mol. The van der Waals surface area contributed by atoms with Crippen molar-refractivity contribution >= 4 is 23.7 Å². The third kappa shape index (κ3) is 4.28. The van der Waals surface area contributed by atoms with E-state index in [0.717, 1.165) is 29.8 Å². The molecule has 4 rings (SSSR count). The highest BCUT2D eigenvalue weighted by atomic mass is 16.5. The summed E-state index contributed by atoms with van der Waals surface area (Å²) in [4.78, 5) is 16.5. The van der Waals surface area contributed by atoms with E-state index in [1.807, 2.05) is 48.5 Å². The SMILES string of the molecule is O=C(Nc1ccc2c(c1)/C(=C/C1CNC=N1)CCO2)OCc1ccccc1. The molecule has 2 aliphatic rings. The highest BCUT2D eigenvalue weighted by Gasteiger charge is 2.19. The molecule has 27 heavy (non-hydrogen) atoms. The Bertz CT molecular complexity index is 877. The second-order valence-corrected chi connectivity index (χ2v) is 6.44. The van der Waals surface area contributed by atoms with E-state index in [-0.39, 0.29) is 12.6 Å². The Morgan fingerprint density at radius 1 is 1.30 bits per heavy atom. The van der Waals surface area contributed by atoms with Gasteiger partial charge in [0.1, 0.15) is 12.4 Å². The van der Waals surface area contributed by atoms with Crippen LogP contribution in [0.15, 0.2) is 59.6 Å². The molecule has 0 radical (unpaired) electrons. The Hall–Kier alpha value is -3.28. The lowest BCUT2D eigenvalue weighted by molar-refractivity contribution is 0.155. The van der Waals surface area contributed by atoms with Gasteiger partial charge < -0.3 is 14.8 Å². The highest BCUT2D eigenvalue weighted by molar-refractivity contribution is 5.86. The molecule has 1 unspecified atom stereocenters. The fourth-order valence-electron chi connectivity index (χ4n) is 3.15. The average Bonchev–Trinajstić information content (AvgIpc) is 3.21. The standard InChI is InChI=1S/C21H21N3O3/c25-21(27-13-15-4-2-1-3-5-15)24-17-6-7-20-19(11-17)16(8-9-26-20)10-18-12-22-14-23-18/h1-7,10-11,14,18H,8-9,12-13H2,(H,22,23)(H,24,25)/b16-10+. The van der Waals surface area contributed by atoms with Crippen molar-refractivity contribution in [1.29, 1.82) is 0 Å². The third-order valence-electron chi connectivity index (χ3n) is 4.49. The fraction of sp³-hybridized carbons (Fsp3) is 0.238. The van der Waals surface area contributed by atoms with Gasteiger partial charge in [-0.2, -0.15) is 0 Å². The number of benzene rings is 2. The molecule has 0 saturated carbocycles. The van der Waals surface area contributed by atoms with Gasteiger partial charge in [0.05, 0.1) is 19.0 Å². The third-order valence-corrected chi connectivity index (χ3v) is 4.49. The van der Waals surface area contributed by atoms with Crippen molar-refractivity contribution in [2.45, 2.75) is 19.1 Å². The zero-order valence-electron chi connectivity index (χ0n) is 14.9. The number of aliphatic imine (C=N–C) groups is 1. The van der Waals surface area contributed by atoms with Crippen LogP contribution in [-0.2, 0) is 11.3 Å². The molecule has 0 saturated heterocycles. The second kappa shape index (κ2) is 7.95. The van der Waals surface area contributed by atoms with Crippen molar-refractivity contribution in [3.8, 4) is 5.75 Å². The lowest BCUT2D eigenvalue weighted by Crippen LogP contribution is -2.16. The summed E-state index contributed by atoms with van der Waals surface area (Å²) in [5.41, 5.74) is 3.80. The van der Waals surface area contributed by atoms with Crippen LogP contribution < -0.4 is 15.4 Å². The number of nitrogens with one attached hydrogen (secondary N) is 2. The van der Waals surface area contributed by atoms with Crippen LogP contribution in [0.1, 0.15) is 17.5 Å². The van der Waals surface area contributed by atoms with Gasteiger partial charge in [-0.15, -0.1) is 0 Å². The molecule has 1 atom stereocenters. The van der Waals surface area contributed by atoms with E-state index in [1.54, 1.807) is 6.34 Å². The molecule has 0 aromatic heterocycles. The number of nitrogens with zero attached hydrogens (tertiary/aromatic N) is 1. The van der Waals surface area contributed by atoms with E-state index in [0.29, 0.717) is 12.3 Å². The summed E-state index contributed by atoms with van der Waals surface area (Å²) in [5, 5.41) is 5.90. The van der Waals surface area contributed by atoms with E-state index < -0.39 is 6.09 Å². The van der Waals surface area contributed by atoms with Crippen molar-refractivity contribution in [3.05, 3.63) is 65.7 Å². The van der Waals surface area contributed by atoms with Gasteiger partial charge in [-0.1, -0.05) is 36.4 Å². The molecule has 2 aromatic carbocycles. The van der Waals surface area contributed by atoms with Gasteiger partial charge in [0, 0.05) is 24.2 Å². The minimum absolute atomic E-state index is 0.137. The van der Waals surface area contributed by atoms with Crippen LogP contribution in [0.25, 0.3) is 5.57 Å². The molecular weight excluding hydrogens is 342 g/mol. The van der Waals surface area contributed by atoms with Gasteiger partial charge in [-0.25, -0.2) is 4.79 Å². The number of hydrogen-bond acceptors (Lipinski definition) is 5. The Morgan fingerprint density at radius 3 is 3.00 bits per heavy atom. The Morgan fingerprint density at radius 2 is 2.19 bits per heavy atom. The summed E-state index contributed by atoms with van der Waals surface area (Å²) in [6.07, 6.45) is 4.24. The number of hydrogen-bond donors (Lipinski definition) is 2. The van der Waals surface area contributed by atoms with Crippen LogP contribution in [0, 0.1) is 0 Å². The Kier molecular flexibility index (Phi) is 5.05. The van der Waals surface area contributed by atoms with E-state index in [2.05, 4.69) is 21.7 Å². The van der Waals surface area contributed by atoms with Crippen LogP contribution >= 0.6 is 0 Å². The number of amides is 1. The van der Waals surface area contributed by atoms with E-state index in [9.17, 15) is 4.79 Å². The van der Waals surface area contributed by atoms with Gasteiger partial charge in [-0.05, 0) is 29.3 Å². The van der Waals surface area contributed by atoms with Gasteiger partial charge in [0.2, 0.25) is 0 Å². The number of rotatable bonds is 4. The molecule has 138 valence electrons. The first-order chi connectivity index (χ1) is 13.3. The van der Waals surface area contributed by atoms with Crippen molar-refractivity contribution in [3.63, 3.8) is 0 Å². The number of fused-ring (bicyclic) bond motifs is 1. The Labute approximate surface area is 157 Å². The summed E-state index contributed by atoms with van der Waals surface area (Å²) in [5.74, 6) is 0.825. The van der Waals surface area contributed by atoms with Crippen molar-refractivity contribution in [1.82, 2.24) is 5.32 Å². The Balaban J connectivity index is 1.45. The summed E-state index contributed by atoms with van der Waals surface area (Å²) in [6.45, 7) is 1.69. The van der Waals surface area contributed by atoms with Crippen LogP contribution in [0.5, 0.6) is 5.75 Å². The average molecular weight is 363 g/mol. The summed E-state index contributed by atoms with van der Waals surface area (Å²) in [7, 11) is 0. The summed E-state index contributed by atoms with van der Waals surface area (Å²) >= 11 is 0. The zero-order chi connectivity index (χ0) is 18.5. The van der Waals surface area contributed by atoms with Gasteiger partial charge in [-0.3, -0.25) is 10.3 Å². The first-order valence-electron chi connectivity index (χ1n) is 8.98. The molecule has 1 amide bonds. The molecule has 0 fully saturated rings. The molecule has 2 heterocycles. The molecule has 6 nitrogen and oxygen atoms in total.